The van der Waals surface area contributed by atoms with Crippen LogP contribution < -0.4 is 19.7 Å². The number of nitrogens with one attached hydrogen (secondary N) is 1. The standard InChI is InChI=1S/C28H29Cl2N5O2/c1-4-34-9-11-35(12-10-34)21-7-8-24(32-17-21)33-25-14-18-5-6-19(13-20(18)16-31-25)26-27(29)22(36-2)15-23(37-3)28(26)30/h5-8,13-17H,4,9-12H2,1-3H3,(H,31,32,33). The van der Waals surface area contributed by atoms with Crippen molar-refractivity contribution in [2.45, 2.75) is 6.92 Å². The number of benzene rings is 2. The van der Waals surface area contributed by atoms with Gasteiger partial charge in [0, 0.05) is 49.4 Å². The topological polar surface area (TPSA) is 62.8 Å². The number of ether oxygens (including phenoxy) is 2. The molecule has 0 bridgehead atoms. The number of likely N-dealkylation sites (N-methyl/N-ethyl adjacent to an activating group) is 1. The molecule has 2 aromatic heterocycles. The lowest BCUT2D eigenvalue weighted by atomic mass is 10.0. The maximum Gasteiger partial charge on any atom is 0.141 e. The molecule has 1 fully saturated rings. The van der Waals surface area contributed by atoms with Crippen LogP contribution in [-0.2, 0) is 0 Å². The van der Waals surface area contributed by atoms with Gasteiger partial charge in [-0.1, -0.05) is 42.3 Å². The zero-order valence-electron chi connectivity index (χ0n) is 21.1. The molecule has 1 aliphatic heterocycles. The van der Waals surface area contributed by atoms with Crippen molar-refractivity contribution in [2.75, 3.05) is 57.2 Å². The van der Waals surface area contributed by atoms with Gasteiger partial charge in [-0.25, -0.2) is 9.97 Å². The molecule has 2 aromatic carbocycles. The number of fused-ring (bicyclic) bond motifs is 1. The van der Waals surface area contributed by atoms with Crippen molar-refractivity contribution in [2.24, 2.45) is 0 Å². The summed E-state index contributed by atoms with van der Waals surface area (Å²) in [5, 5.41) is 6.15. The third-order valence-corrected chi connectivity index (χ3v) is 7.52. The van der Waals surface area contributed by atoms with Gasteiger partial charge in [-0.05, 0) is 41.8 Å². The van der Waals surface area contributed by atoms with E-state index in [1.807, 2.05) is 42.7 Å². The Morgan fingerprint density at radius 3 is 2.14 bits per heavy atom. The Hall–Kier alpha value is -3.26. The molecule has 0 spiro atoms. The fourth-order valence-corrected chi connectivity index (χ4v) is 5.32. The summed E-state index contributed by atoms with van der Waals surface area (Å²) in [6, 6.07) is 13.8. The summed E-state index contributed by atoms with van der Waals surface area (Å²) in [6.07, 6.45) is 3.75. The molecule has 0 amide bonds. The van der Waals surface area contributed by atoms with Crippen LogP contribution in [0.25, 0.3) is 21.9 Å². The Bertz CT molecular complexity index is 1380. The van der Waals surface area contributed by atoms with Crippen molar-refractivity contribution in [3.05, 3.63) is 64.9 Å². The third-order valence-electron chi connectivity index (χ3n) is 6.77. The van der Waals surface area contributed by atoms with E-state index in [9.17, 15) is 0 Å². The molecule has 1 saturated heterocycles. The van der Waals surface area contributed by atoms with Crippen LogP contribution in [0.2, 0.25) is 10.0 Å². The average Bonchev–Trinajstić information content (AvgIpc) is 2.94. The first-order valence-electron chi connectivity index (χ1n) is 12.2. The Kier molecular flexibility index (Phi) is 7.55. The van der Waals surface area contributed by atoms with Crippen molar-refractivity contribution in [3.63, 3.8) is 0 Å². The summed E-state index contributed by atoms with van der Waals surface area (Å²) in [4.78, 5) is 14.1. The monoisotopic (exact) mass is 537 g/mol. The van der Waals surface area contributed by atoms with E-state index in [1.54, 1.807) is 20.3 Å². The fraction of sp³-hybridized carbons (Fsp3) is 0.286. The number of halogens is 2. The van der Waals surface area contributed by atoms with E-state index < -0.39 is 0 Å². The highest BCUT2D eigenvalue weighted by atomic mass is 35.5. The number of rotatable bonds is 7. The van der Waals surface area contributed by atoms with Crippen molar-refractivity contribution in [1.29, 1.82) is 0 Å². The van der Waals surface area contributed by atoms with Gasteiger partial charge in [-0.2, -0.15) is 0 Å². The SMILES string of the molecule is CCN1CCN(c2ccc(Nc3cc4ccc(-c5c(Cl)c(OC)cc(OC)c5Cl)cc4cn3)nc2)CC1. The molecule has 192 valence electrons. The van der Waals surface area contributed by atoms with Crippen molar-refractivity contribution in [3.8, 4) is 22.6 Å². The molecule has 37 heavy (non-hydrogen) atoms. The quantitative estimate of drug-likeness (QED) is 0.288. The van der Waals surface area contributed by atoms with Crippen LogP contribution in [0, 0.1) is 0 Å². The van der Waals surface area contributed by atoms with E-state index in [0.717, 1.165) is 66.4 Å². The van der Waals surface area contributed by atoms with Crippen LogP contribution in [-0.4, -0.2) is 61.8 Å². The molecule has 7 nitrogen and oxygen atoms in total. The first kappa shape index (κ1) is 25.4. The number of pyridine rings is 2. The maximum absolute atomic E-state index is 6.62. The van der Waals surface area contributed by atoms with Gasteiger partial charge in [0.15, 0.2) is 0 Å². The largest absolute Gasteiger partial charge is 0.495 e. The Morgan fingerprint density at radius 2 is 1.51 bits per heavy atom. The van der Waals surface area contributed by atoms with Gasteiger partial charge >= 0.3 is 0 Å². The highest BCUT2D eigenvalue weighted by Gasteiger charge is 2.19. The molecule has 0 radical (unpaired) electrons. The van der Waals surface area contributed by atoms with E-state index in [2.05, 4.69) is 38.1 Å². The van der Waals surface area contributed by atoms with E-state index in [0.29, 0.717) is 27.1 Å². The lowest BCUT2D eigenvalue weighted by Crippen LogP contribution is -2.46. The maximum atomic E-state index is 6.62. The van der Waals surface area contributed by atoms with Gasteiger partial charge < -0.3 is 24.6 Å². The molecular weight excluding hydrogens is 509 g/mol. The smallest absolute Gasteiger partial charge is 0.141 e. The normalized spacial score (nSPS) is 14.1. The Balaban J connectivity index is 1.35. The van der Waals surface area contributed by atoms with Crippen LogP contribution in [0.4, 0.5) is 17.3 Å². The number of hydrogen-bond acceptors (Lipinski definition) is 7. The highest BCUT2D eigenvalue weighted by Crippen LogP contribution is 2.46. The van der Waals surface area contributed by atoms with Gasteiger partial charge in [0.2, 0.25) is 0 Å². The second-order valence-electron chi connectivity index (χ2n) is 8.86. The van der Waals surface area contributed by atoms with E-state index in [4.69, 9.17) is 32.7 Å². The van der Waals surface area contributed by atoms with Crippen LogP contribution in [0.1, 0.15) is 6.92 Å². The number of piperazine rings is 1. The Morgan fingerprint density at radius 1 is 0.811 bits per heavy atom. The van der Waals surface area contributed by atoms with Gasteiger partial charge in [-0.15, -0.1) is 0 Å². The summed E-state index contributed by atoms with van der Waals surface area (Å²) in [5.41, 5.74) is 2.65. The predicted molar refractivity (Wildman–Crippen MR) is 152 cm³/mol. The molecule has 0 atom stereocenters. The van der Waals surface area contributed by atoms with Gasteiger partial charge in [0.25, 0.3) is 0 Å². The van der Waals surface area contributed by atoms with E-state index in [-0.39, 0.29) is 0 Å². The third kappa shape index (κ3) is 5.25. The van der Waals surface area contributed by atoms with Crippen LogP contribution in [0.5, 0.6) is 11.5 Å². The van der Waals surface area contributed by atoms with Crippen molar-refractivity contribution >= 4 is 51.3 Å². The molecule has 5 rings (SSSR count). The van der Waals surface area contributed by atoms with Crippen LogP contribution in [0.3, 0.4) is 0 Å². The van der Waals surface area contributed by atoms with Gasteiger partial charge in [0.05, 0.1) is 36.1 Å². The number of methoxy groups -OCH3 is 2. The molecule has 1 aliphatic rings. The van der Waals surface area contributed by atoms with Crippen molar-refractivity contribution in [1.82, 2.24) is 14.9 Å². The lowest BCUT2D eigenvalue weighted by molar-refractivity contribution is 0.271. The molecule has 0 saturated carbocycles. The second kappa shape index (κ2) is 11.0. The fourth-order valence-electron chi connectivity index (χ4n) is 4.61. The lowest BCUT2D eigenvalue weighted by Gasteiger charge is -2.35. The van der Waals surface area contributed by atoms with Crippen LogP contribution in [0.15, 0.2) is 54.9 Å². The second-order valence-corrected chi connectivity index (χ2v) is 9.62. The number of anilines is 3. The van der Waals surface area contributed by atoms with Crippen LogP contribution >= 0.6 is 23.2 Å². The molecule has 0 unspecified atom stereocenters. The molecule has 1 N–H and O–H groups in total. The minimum absolute atomic E-state index is 0.431. The van der Waals surface area contributed by atoms with Crippen molar-refractivity contribution < 1.29 is 9.47 Å². The highest BCUT2D eigenvalue weighted by molar-refractivity contribution is 6.41. The summed E-state index contributed by atoms with van der Waals surface area (Å²) in [7, 11) is 3.13. The number of hydrogen-bond donors (Lipinski definition) is 1. The Labute approximate surface area is 226 Å². The first-order chi connectivity index (χ1) is 18.0. The van der Waals surface area contributed by atoms with Gasteiger partial charge in [0.1, 0.15) is 23.1 Å². The summed E-state index contributed by atoms with van der Waals surface area (Å²) < 4.78 is 10.8. The van der Waals surface area contributed by atoms with E-state index in [1.165, 1.54) is 0 Å². The summed E-state index contributed by atoms with van der Waals surface area (Å²) >= 11 is 13.2. The van der Waals surface area contributed by atoms with E-state index >= 15 is 0 Å². The first-order valence-corrected chi connectivity index (χ1v) is 13.0. The summed E-state index contributed by atoms with van der Waals surface area (Å²) in [6.45, 7) is 7.53. The summed E-state index contributed by atoms with van der Waals surface area (Å²) in [5.74, 6) is 2.47. The molecule has 3 heterocycles. The molecule has 9 heteroatoms. The predicted octanol–water partition coefficient (Wildman–Crippen LogP) is 6.51. The minimum atomic E-state index is 0.431. The minimum Gasteiger partial charge on any atom is -0.495 e. The zero-order chi connectivity index (χ0) is 25.9. The van der Waals surface area contributed by atoms with Gasteiger partial charge in [-0.3, -0.25) is 0 Å². The molecular formula is C28H29Cl2N5O2. The number of nitrogens with zero attached hydrogens (tertiary/aromatic N) is 4. The average molecular weight is 538 g/mol. The zero-order valence-corrected chi connectivity index (χ0v) is 22.6. The molecule has 0 aliphatic carbocycles. The number of aromatic nitrogens is 2. The molecule has 4 aromatic rings.